The summed E-state index contributed by atoms with van der Waals surface area (Å²) in [6, 6.07) is 1.97. The van der Waals surface area contributed by atoms with Gasteiger partial charge in [0, 0.05) is 18.3 Å². The first-order valence-electron chi connectivity index (χ1n) is 9.55. The highest BCUT2D eigenvalue weighted by molar-refractivity contribution is 6.06. The lowest BCUT2D eigenvalue weighted by atomic mass is 10.0. The van der Waals surface area contributed by atoms with Crippen molar-refractivity contribution in [3.05, 3.63) is 23.0 Å². The zero-order valence-electron chi connectivity index (χ0n) is 16.8. The summed E-state index contributed by atoms with van der Waals surface area (Å²) >= 11 is 0. The maximum Gasteiger partial charge on any atom is 0.252 e. The molecule has 2 heterocycles. The van der Waals surface area contributed by atoms with E-state index in [4.69, 9.17) is 15.8 Å². The average Bonchev–Trinajstić information content (AvgIpc) is 3.34. The molecule has 1 amide bonds. The standard InChI is InChI=1S/C20H31N5O/c1-11(2)15-9-14(19(26)23-16(10-21)13-7-8-13)17-12(3)24-25(18(17)22-15)20(4,5)6/h9,11,13,16H,7-8,10,21H2,1-6H3,(H,23,26). The summed E-state index contributed by atoms with van der Waals surface area (Å²) in [6.07, 6.45) is 2.29. The Morgan fingerprint density at radius 3 is 2.54 bits per heavy atom. The van der Waals surface area contributed by atoms with Gasteiger partial charge in [0.25, 0.3) is 5.91 Å². The molecule has 1 aliphatic carbocycles. The largest absolute Gasteiger partial charge is 0.348 e. The third-order valence-corrected chi connectivity index (χ3v) is 5.07. The van der Waals surface area contributed by atoms with Crippen LogP contribution in [0.4, 0.5) is 0 Å². The number of aromatic nitrogens is 3. The summed E-state index contributed by atoms with van der Waals surface area (Å²) in [5.74, 6) is 0.672. The van der Waals surface area contributed by atoms with Crippen LogP contribution in [0.1, 0.15) is 75.1 Å². The van der Waals surface area contributed by atoms with Crippen LogP contribution < -0.4 is 11.1 Å². The third kappa shape index (κ3) is 3.47. The summed E-state index contributed by atoms with van der Waals surface area (Å²) in [5.41, 5.74) is 8.84. The van der Waals surface area contributed by atoms with Crippen LogP contribution in [0.5, 0.6) is 0 Å². The highest BCUT2D eigenvalue weighted by Gasteiger charge is 2.32. The van der Waals surface area contributed by atoms with Crippen LogP contribution in [-0.4, -0.2) is 33.3 Å². The molecule has 1 atom stereocenters. The van der Waals surface area contributed by atoms with E-state index in [0.717, 1.165) is 35.3 Å². The molecule has 1 aliphatic rings. The fourth-order valence-corrected chi connectivity index (χ4v) is 3.36. The molecule has 0 bridgehead atoms. The first kappa shape index (κ1) is 18.8. The van der Waals surface area contributed by atoms with Gasteiger partial charge in [-0.05, 0) is 58.4 Å². The number of fused-ring (bicyclic) bond motifs is 1. The van der Waals surface area contributed by atoms with Gasteiger partial charge in [0.05, 0.1) is 22.2 Å². The zero-order chi connectivity index (χ0) is 19.2. The number of carbonyl (C=O) groups is 1. The van der Waals surface area contributed by atoms with Crippen molar-refractivity contribution in [3.63, 3.8) is 0 Å². The number of nitrogens with two attached hydrogens (primary N) is 1. The van der Waals surface area contributed by atoms with Crippen molar-refractivity contribution >= 4 is 16.9 Å². The quantitative estimate of drug-likeness (QED) is 0.861. The van der Waals surface area contributed by atoms with Crippen LogP contribution >= 0.6 is 0 Å². The summed E-state index contributed by atoms with van der Waals surface area (Å²) < 4.78 is 1.93. The Morgan fingerprint density at radius 1 is 1.38 bits per heavy atom. The third-order valence-electron chi connectivity index (χ3n) is 5.07. The van der Waals surface area contributed by atoms with Crippen molar-refractivity contribution in [3.8, 4) is 0 Å². The average molecular weight is 358 g/mol. The smallest absolute Gasteiger partial charge is 0.252 e. The summed E-state index contributed by atoms with van der Waals surface area (Å²) in [6.45, 7) is 12.9. The fourth-order valence-electron chi connectivity index (χ4n) is 3.36. The van der Waals surface area contributed by atoms with Crippen LogP contribution in [0.2, 0.25) is 0 Å². The number of nitrogens with one attached hydrogen (secondary N) is 1. The minimum atomic E-state index is -0.212. The van der Waals surface area contributed by atoms with Gasteiger partial charge in [-0.25, -0.2) is 9.67 Å². The molecular formula is C20H31N5O. The molecule has 1 fully saturated rings. The number of amides is 1. The highest BCUT2D eigenvalue weighted by Crippen LogP contribution is 2.33. The number of hydrogen-bond acceptors (Lipinski definition) is 4. The molecular weight excluding hydrogens is 326 g/mol. The molecule has 0 aromatic carbocycles. The van der Waals surface area contributed by atoms with Crippen molar-refractivity contribution in [2.45, 2.75) is 71.9 Å². The molecule has 2 aromatic heterocycles. The topological polar surface area (TPSA) is 85.8 Å². The van der Waals surface area contributed by atoms with Crippen molar-refractivity contribution in [1.29, 1.82) is 0 Å². The Morgan fingerprint density at radius 2 is 2.04 bits per heavy atom. The van der Waals surface area contributed by atoms with E-state index in [1.807, 2.05) is 17.7 Å². The van der Waals surface area contributed by atoms with Crippen molar-refractivity contribution in [1.82, 2.24) is 20.1 Å². The Labute approximate surface area is 155 Å². The predicted molar refractivity (Wildman–Crippen MR) is 104 cm³/mol. The molecule has 1 unspecified atom stereocenters. The van der Waals surface area contributed by atoms with Gasteiger partial charge in [-0.3, -0.25) is 4.79 Å². The van der Waals surface area contributed by atoms with Crippen LogP contribution in [0.25, 0.3) is 11.0 Å². The second-order valence-electron chi connectivity index (χ2n) is 8.77. The predicted octanol–water partition coefficient (Wildman–Crippen LogP) is 3.09. The Kier molecular flexibility index (Phi) is 4.82. The summed E-state index contributed by atoms with van der Waals surface area (Å²) in [4.78, 5) is 18.0. The molecule has 142 valence electrons. The Hall–Kier alpha value is -1.95. The molecule has 1 saturated carbocycles. The van der Waals surface area contributed by atoms with Gasteiger partial charge in [0.1, 0.15) is 0 Å². The van der Waals surface area contributed by atoms with E-state index in [1.165, 1.54) is 0 Å². The van der Waals surface area contributed by atoms with E-state index in [-0.39, 0.29) is 23.4 Å². The molecule has 26 heavy (non-hydrogen) atoms. The molecule has 0 spiro atoms. The second-order valence-corrected chi connectivity index (χ2v) is 8.77. The van der Waals surface area contributed by atoms with E-state index in [2.05, 4.69) is 39.9 Å². The fraction of sp³-hybridized carbons (Fsp3) is 0.650. The Balaban J connectivity index is 2.13. The minimum absolute atomic E-state index is 0.0474. The maximum absolute atomic E-state index is 13.1. The van der Waals surface area contributed by atoms with Gasteiger partial charge in [-0.15, -0.1) is 0 Å². The van der Waals surface area contributed by atoms with Gasteiger partial charge in [0.2, 0.25) is 0 Å². The zero-order valence-corrected chi connectivity index (χ0v) is 16.8. The number of nitrogens with zero attached hydrogens (tertiary/aromatic N) is 3. The molecule has 3 rings (SSSR count). The maximum atomic E-state index is 13.1. The normalized spacial score (nSPS) is 16.3. The van der Waals surface area contributed by atoms with E-state index < -0.39 is 0 Å². The number of aryl methyl sites for hydroxylation is 1. The van der Waals surface area contributed by atoms with E-state index in [9.17, 15) is 4.79 Å². The number of pyridine rings is 1. The number of carbonyl (C=O) groups excluding carboxylic acids is 1. The van der Waals surface area contributed by atoms with Crippen LogP contribution in [0.3, 0.4) is 0 Å². The summed E-state index contributed by atoms with van der Waals surface area (Å²) in [7, 11) is 0. The molecule has 0 saturated heterocycles. The number of hydrogen-bond donors (Lipinski definition) is 2. The molecule has 3 N–H and O–H groups in total. The number of rotatable bonds is 5. The molecule has 0 radical (unpaired) electrons. The van der Waals surface area contributed by atoms with Crippen LogP contribution in [0, 0.1) is 12.8 Å². The van der Waals surface area contributed by atoms with Crippen LogP contribution in [-0.2, 0) is 5.54 Å². The lowest BCUT2D eigenvalue weighted by Crippen LogP contribution is -2.41. The molecule has 6 nitrogen and oxygen atoms in total. The first-order valence-corrected chi connectivity index (χ1v) is 9.55. The van der Waals surface area contributed by atoms with E-state index >= 15 is 0 Å². The SMILES string of the molecule is Cc1nn(C(C)(C)C)c2nc(C(C)C)cc(C(=O)NC(CN)C3CC3)c12. The van der Waals surface area contributed by atoms with Crippen molar-refractivity contribution in [2.75, 3.05) is 6.54 Å². The van der Waals surface area contributed by atoms with Crippen molar-refractivity contribution in [2.24, 2.45) is 11.7 Å². The van der Waals surface area contributed by atoms with Gasteiger partial charge in [0.15, 0.2) is 5.65 Å². The second kappa shape index (κ2) is 6.65. The Bertz CT molecular complexity index is 827. The molecule has 6 heteroatoms. The van der Waals surface area contributed by atoms with Gasteiger partial charge in [-0.1, -0.05) is 13.8 Å². The molecule has 0 aliphatic heterocycles. The monoisotopic (exact) mass is 357 g/mol. The molecule has 2 aromatic rings. The van der Waals surface area contributed by atoms with Crippen molar-refractivity contribution < 1.29 is 4.79 Å². The van der Waals surface area contributed by atoms with Gasteiger partial charge >= 0.3 is 0 Å². The first-order chi connectivity index (χ1) is 12.1. The summed E-state index contributed by atoms with van der Waals surface area (Å²) in [5, 5.41) is 8.69. The van der Waals surface area contributed by atoms with Gasteiger partial charge < -0.3 is 11.1 Å². The van der Waals surface area contributed by atoms with Gasteiger partial charge in [-0.2, -0.15) is 5.10 Å². The van der Waals surface area contributed by atoms with E-state index in [0.29, 0.717) is 18.0 Å². The van der Waals surface area contributed by atoms with E-state index in [1.54, 1.807) is 0 Å². The van der Waals surface area contributed by atoms with Crippen LogP contribution in [0.15, 0.2) is 6.07 Å². The minimum Gasteiger partial charge on any atom is -0.348 e. The lowest BCUT2D eigenvalue weighted by molar-refractivity contribution is 0.0935. The highest BCUT2D eigenvalue weighted by atomic mass is 16.1. The lowest BCUT2D eigenvalue weighted by Gasteiger charge is -2.21.